The van der Waals surface area contributed by atoms with E-state index < -0.39 is 0 Å². The molecule has 0 saturated carbocycles. The molecule has 0 fully saturated rings. The zero-order chi connectivity index (χ0) is 11.3. The third-order valence-corrected chi connectivity index (χ3v) is 3.23. The zero-order valence-corrected chi connectivity index (χ0v) is 10.3. The number of nitrogens with one attached hydrogen (secondary N) is 1. The highest BCUT2D eigenvalue weighted by Crippen LogP contribution is 2.26. The van der Waals surface area contributed by atoms with Gasteiger partial charge in [0.05, 0.1) is 6.26 Å². The summed E-state index contributed by atoms with van der Waals surface area (Å²) in [6.45, 7) is 6.52. The van der Waals surface area contributed by atoms with Gasteiger partial charge in [-0.25, -0.2) is 0 Å². The molecule has 1 aromatic heterocycles. The molecule has 0 amide bonds. The molecule has 1 atom stereocenters. The Kier molecular flexibility index (Phi) is 4.89. The van der Waals surface area contributed by atoms with Crippen molar-refractivity contribution in [2.24, 2.45) is 5.92 Å². The van der Waals surface area contributed by atoms with Crippen molar-refractivity contribution < 1.29 is 4.42 Å². The molecule has 0 saturated heterocycles. The lowest BCUT2D eigenvalue weighted by Gasteiger charge is -2.20. The van der Waals surface area contributed by atoms with Gasteiger partial charge in [-0.2, -0.15) is 0 Å². The Balaban J connectivity index is 2.63. The molecule has 0 aliphatic heterocycles. The number of aryl methyl sites for hydroxylation is 1. The standard InChI is InChI=1S/C13H23NO/c1-5-11(6-2)8-13(14-4)12-7-10(3)15-9-12/h7,9,11,13-14H,5-6,8H2,1-4H3. The normalized spacial score (nSPS) is 13.4. The van der Waals surface area contributed by atoms with E-state index in [1.807, 2.05) is 20.2 Å². The van der Waals surface area contributed by atoms with Crippen LogP contribution in [0.5, 0.6) is 0 Å². The molecule has 86 valence electrons. The second-order valence-electron chi connectivity index (χ2n) is 4.25. The Morgan fingerprint density at radius 3 is 2.40 bits per heavy atom. The molecule has 0 radical (unpaired) electrons. The maximum atomic E-state index is 5.36. The van der Waals surface area contributed by atoms with E-state index in [1.165, 1.54) is 24.8 Å². The van der Waals surface area contributed by atoms with E-state index in [0.717, 1.165) is 11.7 Å². The summed E-state index contributed by atoms with van der Waals surface area (Å²) in [5, 5.41) is 3.37. The van der Waals surface area contributed by atoms with Crippen LogP contribution in [0.2, 0.25) is 0 Å². The number of rotatable bonds is 6. The van der Waals surface area contributed by atoms with Gasteiger partial charge in [0.1, 0.15) is 5.76 Å². The van der Waals surface area contributed by atoms with Gasteiger partial charge in [0.15, 0.2) is 0 Å². The molecule has 1 aromatic rings. The smallest absolute Gasteiger partial charge is 0.101 e. The molecule has 15 heavy (non-hydrogen) atoms. The lowest BCUT2D eigenvalue weighted by atomic mass is 9.92. The molecule has 1 unspecified atom stereocenters. The van der Waals surface area contributed by atoms with Gasteiger partial charge in [-0.15, -0.1) is 0 Å². The molecule has 1 N–H and O–H groups in total. The molecular formula is C13H23NO. The minimum atomic E-state index is 0.437. The first-order valence-electron chi connectivity index (χ1n) is 5.93. The van der Waals surface area contributed by atoms with Crippen molar-refractivity contribution in [3.8, 4) is 0 Å². The van der Waals surface area contributed by atoms with E-state index in [2.05, 4.69) is 25.2 Å². The number of hydrogen-bond donors (Lipinski definition) is 1. The Bertz CT molecular complexity index is 276. The van der Waals surface area contributed by atoms with Crippen LogP contribution < -0.4 is 5.32 Å². The molecule has 0 aromatic carbocycles. The Morgan fingerprint density at radius 2 is 2.00 bits per heavy atom. The highest BCUT2D eigenvalue weighted by molar-refractivity contribution is 5.16. The van der Waals surface area contributed by atoms with E-state index in [0.29, 0.717) is 6.04 Å². The van der Waals surface area contributed by atoms with Crippen LogP contribution in [0.25, 0.3) is 0 Å². The van der Waals surface area contributed by atoms with Crippen LogP contribution in [0.1, 0.15) is 50.5 Å². The summed E-state index contributed by atoms with van der Waals surface area (Å²) >= 11 is 0. The monoisotopic (exact) mass is 209 g/mol. The van der Waals surface area contributed by atoms with Crippen LogP contribution in [-0.2, 0) is 0 Å². The number of furan rings is 1. The lowest BCUT2D eigenvalue weighted by Crippen LogP contribution is -2.19. The fourth-order valence-corrected chi connectivity index (χ4v) is 2.02. The lowest BCUT2D eigenvalue weighted by molar-refractivity contribution is 0.383. The molecule has 0 aliphatic carbocycles. The average Bonchev–Trinajstić information content (AvgIpc) is 2.67. The van der Waals surface area contributed by atoms with Crippen LogP contribution in [0.3, 0.4) is 0 Å². The first-order valence-corrected chi connectivity index (χ1v) is 5.93. The Labute approximate surface area is 93.1 Å². The summed E-state index contributed by atoms with van der Waals surface area (Å²) in [6, 6.07) is 2.57. The third kappa shape index (κ3) is 3.38. The van der Waals surface area contributed by atoms with Crippen LogP contribution >= 0.6 is 0 Å². The largest absolute Gasteiger partial charge is 0.469 e. The van der Waals surface area contributed by atoms with Crippen molar-refractivity contribution in [2.45, 2.75) is 46.1 Å². The van der Waals surface area contributed by atoms with Crippen LogP contribution in [0.4, 0.5) is 0 Å². The Morgan fingerprint density at radius 1 is 1.33 bits per heavy atom. The highest BCUT2D eigenvalue weighted by atomic mass is 16.3. The van der Waals surface area contributed by atoms with Crippen LogP contribution in [0.15, 0.2) is 16.7 Å². The van der Waals surface area contributed by atoms with Gasteiger partial charge in [-0.05, 0) is 32.4 Å². The maximum Gasteiger partial charge on any atom is 0.101 e. The van der Waals surface area contributed by atoms with Gasteiger partial charge in [0.2, 0.25) is 0 Å². The molecule has 0 aliphatic rings. The quantitative estimate of drug-likeness (QED) is 0.773. The molecule has 2 nitrogen and oxygen atoms in total. The molecule has 0 bridgehead atoms. The predicted octanol–water partition coefficient (Wildman–Crippen LogP) is 3.67. The van der Waals surface area contributed by atoms with E-state index >= 15 is 0 Å². The van der Waals surface area contributed by atoms with Crippen LogP contribution in [-0.4, -0.2) is 7.05 Å². The minimum absolute atomic E-state index is 0.437. The van der Waals surface area contributed by atoms with Gasteiger partial charge in [0.25, 0.3) is 0 Å². The maximum absolute atomic E-state index is 5.36. The van der Waals surface area contributed by atoms with Gasteiger partial charge in [-0.1, -0.05) is 26.7 Å². The van der Waals surface area contributed by atoms with Crippen molar-refractivity contribution in [3.63, 3.8) is 0 Å². The van der Waals surface area contributed by atoms with Crippen LogP contribution in [0, 0.1) is 12.8 Å². The van der Waals surface area contributed by atoms with Crippen molar-refractivity contribution >= 4 is 0 Å². The molecular weight excluding hydrogens is 186 g/mol. The summed E-state index contributed by atoms with van der Waals surface area (Å²) in [5.41, 5.74) is 1.28. The third-order valence-electron chi connectivity index (χ3n) is 3.23. The fourth-order valence-electron chi connectivity index (χ4n) is 2.02. The van der Waals surface area contributed by atoms with E-state index in [9.17, 15) is 0 Å². The molecule has 2 heteroatoms. The SMILES string of the molecule is CCC(CC)CC(NC)c1coc(C)c1. The van der Waals surface area contributed by atoms with E-state index in [1.54, 1.807) is 0 Å². The molecule has 1 heterocycles. The van der Waals surface area contributed by atoms with Gasteiger partial charge in [-0.3, -0.25) is 0 Å². The van der Waals surface area contributed by atoms with Crippen molar-refractivity contribution in [3.05, 3.63) is 23.7 Å². The first kappa shape index (κ1) is 12.3. The first-order chi connectivity index (χ1) is 7.21. The summed E-state index contributed by atoms with van der Waals surface area (Å²) in [4.78, 5) is 0. The minimum Gasteiger partial charge on any atom is -0.469 e. The summed E-state index contributed by atoms with van der Waals surface area (Å²) < 4.78 is 5.36. The summed E-state index contributed by atoms with van der Waals surface area (Å²) in [5.74, 6) is 1.80. The molecule has 0 spiro atoms. The van der Waals surface area contributed by atoms with E-state index in [4.69, 9.17) is 4.42 Å². The topological polar surface area (TPSA) is 25.2 Å². The molecule has 1 rings (SSSR count). The Hall–Kier alpha value is -0.760. The average molecular weight is 209 g/mol. The summed E-state index contributed by atoms with van der Waals surface area (Å²) in [7, 11) is 2.02. The second-order valence-corrected chi connectivity index (χ2v) is 4.25. The highest BCUT2D eigenvalue weighted by Gasteiger charge is 2.15. The zero-order valence-electron chi connectivity index (χ0n) is 10.3. The number of hydrogen-bond acceptors (Lipinski definition) is 2. The van der Waals surface area contributed by atoms with Gasteiger partial charge >= 0.3 is 0 Å². The van der Waals surface area contributed by atoms with Crippen molar-refractivity contribution in [1.29, 1.82) is 0 Å². The van der Waals surface area contributed by atoms with Gasteiger partial charge in [0, 0.05) is 11.6 Å². The van der Waals surface area contributed by atoms with Gasteiger partial charge < -0.3 is 9.73 Å². The van der Waals surface area contributed by atoms with Crippen molar-refractivity contribution in [1.82, 2.24) is 5.32 Å². The fraction of sp³-hybridized carbons (Fsp3) is 0.692. The summed E-state index contributed by atoms with van der Waals surface area (Å²) in [6.07, 6.45) is 5.58. The van der Waals surface area contributed by atoms with E-state index in [-0.39, 0.29) is 0 Å². The predicted molar refractivity (Wildman–Crippen MR) is 63.9 cm³/mol. The second kappa shape index (κ2) is 5.96. The van der Waals surface area contributed by atoms with Crippen molar-refractivity contribution in [2.75, 3.05) is 7.05 Å².